The number of halogens is 1. The number of hydrogen-bond acceptors (Lipinski definition) is 2. The van der Waals surface area contributed by atoms with Crippen LogP contribution in [0.2, 0.25) is 5.02 Å². The molecule has 1 atom stereocenters. The van der Waals surface area contributed by atoms with Crippen molar-refractivity contribution in [2.24, 2.45) is 0 Å². The van der Waals surface area contributed by atoms with Crippen molar-refractivity contribution < 1.29 is 9.53 Å². The van der Waals surface area contributed by atoms with Crippen molar-refractivity contribution in [3.8, 4) is 5.75 Å². The molecule has 2 aromatic carbocycles. The van der Waals surface area contributed by atoms with Crippen molar-refractivity contribution in [3.63, 3.8) is 0 Å². The second-order valence-corrected chi connectivity index (χ2v) is 6.12. The summed E-state index contributed by atoms with van der Waals surface area (Å²) in [6.45, 7) is 7.94. The van der Waals surface area contributed by atoms with Crippen LogP contribution in [0.15, 0.2) is 36.4 Å². The van der Waals surface area contributed by atoms with E-state index in [0.29, 0.717) is 17.2 Å². The average molecular weight is 332 g/mol. The van der Waals surface area contributed by atoms with Gasteiger partial charge < -0.3 is 10.1 Å². The van der Waals surface area contributed by atoms with Gasteiger partial charge in [-0.3, -0.25) is 4.79 Å². The van der Waals surface area contributed by atoms with Crippen molar-refractivity contribution in [1.82, 2.24) is 0 Å². The molecule has 122 valence electrons. The molecule has 0 bridgehead atoms. The Labute approximate surface area is 142 Å². The highest BCUT2D eigenvalue weighted by molar-refractivity contribution is 6.32. The number of hydrogen-bond donors (Lipinski definition) is 1. The van der Waals surface area contributed by atoms with Gasteiger partial charge in [0.1, 0.15) is 5.75 Å². The first kappa shape index (κ1) is 17.4. The third kappa shape index (κ3) is 4.26. The van der Waals surface area contributed by atoms with Gasteiger partial charge in [-0.1, -0.05) is 48.4 Å². The van der Waals surface area contributed by atoms with Gasteiger partial charge in [-0.05, 0) is 50.5 Å². The van der Waals surface area contributed by atoms with Crippen LogP contribution in [0.4, 0.5) is 5.69 Å². The van der Waals surface area contributed by atoms with E-state index in [-0.39, 0.29) is 5.91 Å². The number of carbonyl (C=O) groups is 1. The zero-order chi connectivity index (χ0) is 17.0. The number of amides is 1. The minimum atomic E-state index is -0.588. The molecule has 23 heavy (non-hydrogen) atoms. The molecule has 4 heteroatoms. The normalized spacial score (nSPS) is 11.9. The Hall–Kier alpha value is -2.00. The van der Waals surface area contributed by atoms with Gasteiger partial charge in [0.2, 0.25) is 0 Å². The van der Waals surface area contributed by atoms with Crippen LogP contribution < -0.4 is 10.1 Å². The second-order valence-electron chi connectivity index (χ2n) is 5.71. The van der Waals surface area contributed by atoms with E-state index in [0.717, 1.165) is 16.8 Å². The molecule has 0 radical (unpaired) electrons. The molecule has 0 saturated heterocycles. The number of para-hydroxylation sites is 1. The van der Waals surface area contributed by atoms with Crippen LogP contribution in [-0.4, -0.2) is 12.0 Å². The maximum absolute atomic E-state index is 12.6. The van der Waals surface area contributed by atoms with Gasteiger partial charge in [0.15, 0.2) is 6.10 Å². The number of rotatable bonds is 5. The van der Waals surface area contributed by atoms with Crippen LogP contribution in [0.25, 0.3) is 0 Å². The summed E-state index contributed by atoms with van der Waals surface area (Å²) in [7, 11) is 0. The second kappa shape index (κ2) is 7.51. The van der Waals surface area contributed by atoms with Crippen LogP contribution >= 0.6 is 11.6 Å². The Kier molecular flexibility index (Phi) is 5.67. The predicted octanol–water partition coefficient (Wildman–Crippen LogP) is 5.06. The first-order valence-corrected chi connectivity index (χ1v) is 8.10. The lowest BCUT2D eigenvalue weighted by molar-refractivity contribution is -0.122. The number of aryl methyl sites for hydroxylation is 3. The fourth-order valence-electron chi connectivity index (χ4n) is 2.60. The van der Waals surface area contributed by atoms with Gasteiger partial charge >= 0.3 is 0 Å². The smallest absolute Gasteiger partial charge is 0.265 e. The van der Waals surface area contributed by atoms with Crippen LogP contribution in [0.3, 0.4) is 0 Å². The van der Waals surface area contributed by atoms with E-state index in [9.17, 15) is 4.79 Å². The van der Waals surface area contributed by atoms with E-state index < -0.39 is 6.10 Å². The van der Waals surface area contributed by atoms with Gasteiger partial charge in [-0.25, -0.2) is 0 Å². The van der Waals surface area contributed by atoms with Crippen LogP contribution in [0.5, 0.6) is 5.75 Å². The van der Waals surface area contributed by atoms with Gasteiger partial charge in [-0.15, -0.1) is 0 Å². The monoisotopic (exact) mass is 331 g/mol. The van der Waals surface area contributed by atoms with Gasteiger partial charge in [0, 0.05) is 5.69 Å². The number of carbonyl (C=O) groups excluding carboxylic acids is 1. The minimum absolute atomic E-state index is 0.164. The molecule has 0 fully saturated rings. The molecule has 3 nitrogen and oxygen atoms in total. The molecule has 2 aromatic rings. The summed E-state index contributed by atoms with van der Waals surface area (Å²) in [6.07, 6.45) is -0.0314. The quantitative estimate of drug-likeness (QED) is 0.831. The van der Waals surface area contributed by atoms with Crippen molar-refractivity contribution in [2.75, 3.05) is 5.32 Å². The molecule has 1 N–H and O–H groups in total. The molecular formula is C19H22ClNO2. The lowest BCUT2D eigenvalue weighted by Gasteiger charge is -2.20. The minimum Gasteiger partial charge on any atom is -0.479 e. The molecule has 0 unspecified atom stereocenters. The number of anilines is 1. The van der Waals surface area contributed by atoms with Crippen molar-refractivity contribution in [1.29, 1.82) is 0 Å². The SMILES string of the molecule is CC[C@@H](Oc1ccccc1Cl)C(=O)Nc1c(C)cc(C)cc1C. The largest absolute Gasteiger partial charge is 0.479 e. The van der Waals surface area contributed by atoms with E-state index in [1.165, 1.54) is 5.56 Å². The van der Waals surface area contributed by atoms with Crippen molar-refractivity contribution in [2.45, 2.75) is 40.2 Å². The zero-order valence-electron chi connectivity index (χ0n) is 13.9. The Balaban J connectivity index is 2.17. The molecular weight excluding hydrogens is 310 g/mol. The molecule has 0 heterocycles. The summed E-state index contributed by atoms with van der Waals surface area (Å²) in [6, 6.07) is 11.3. The molecule has 0 spiro atoms. The highest BCUT2D eigenvalue weighted by Gasteiger charge is 2.20. The van der Waals surface area contributed by atoms with E-state index in [2.05, 4.69) is 17.4 Å². The predicted molar refractivity (Wildman–Crippen MR) is 95.4 cm³/mol. The summed E-state index contributed by atoms with van der Waals surface area (Å²) in [5.74, 6) is 0.357. The Morgan fingerprint density at radius 1 is 1.17 bits per heavy atom. The van der Waals surface area contributed by atoms with E-state index >= 15 is 0 Å². The summed E-state index contributed by atoms with van der Waals surface area (Å²) in [5, 5.41) is 3.49. The van der Waals surface area contributed by atoms with E-state index in [1.807, 2.05) is 39.8 Å². The lowest BCUT2D eigenvalue weighted by Crippen LogP contribution is -2.33. The lowest BCUT2D eigenvalue weighted by atomic mass is 10.0. The van der Waals surface area contributed by atoms with Gasteiger partial charge in [-0.2, -0.15) is 0 Å². The maximum atomic E-state index is 12.6. The van der Waals surface area contributed by atoms with Gasteiger partial charge in [0.25, 0.3) is 5.91 Å². The molecule has 0 aliphatic heterocycles. The highest BCUT2D eigenvalue weighted by atomic mass is 35.5. The Morgan fingerprint density at radius 2 is 1.78 bits per heavy atom. The molecule has 1 amide bonds. The Morgan fingerprint density at radius 3 is 2.35 bits per heavy atom. The molecule has 0 saturated carbocycles. The number of nitrogens with one attached hydrogen (secondary N) is 1. The summed E-state index contributed by atoms with van der Waals surface area (Å²) in [5.41, 5.74) is 4.12. The van der Waals surface area contributed by atoms with Gasteiger partial charge in [0.05, 0.1) is 5.02 Å². The topological polar surface area (TPSA) is 38.3 Å². The molecule has 0 aromatic heterocycles. The summed E-state index contributed by atoms with van der Waals surface area (Å²) >= 11 is 6.10. The summed E-state index contributed by atoms with van der Waals surface area (Å²) in [4.78, 5) is 12.6. The maximum Gasteiger partial charge on any atom is 0.265 e. The first-order chi connectivity index (χ1) is 10.9. The number of benzene rings is 2. The van der Waals surface area contributed by atoms with Crippen molar-refractivity contribution >= 4 is 23.2 Å². The third-order valence-electron chi connectivity index (χ3n) is 3.69. The van der Waals surface area contributed by atoms with Crippen molar-refractivity contribution in [3.05, 3.63) is 58.1 Å². The fourth-order valence-corrected chi connectivity index (χ4v) is 2.78. The first-order valence-electron chi connectivity index (χ1n) is 7.72. The van der Waals surface area contributed by atoms with Crippen LogP contribution in [0, 0.1) is 20.8 Å². The van der Waals surface area contributed by atoms with E-state index in [4.69, 9.17) is 16.3 Å². The van der Waals surface area contributed by atoms with Crippen LogP contribution in [0.1, 0.15) is 30.0 Å². The Bertz CT molecular complexity index is 689. The third-order valence-corrected chi connectivity index (χ3v) is 4.01. The molecule has 0 aliphatic rings. The average Bonchev–Trinajstić information content (AvgIpc) is 2.49. The summed E-state index contributed by atoms with van der Waals surface area (Å²) < 4.78 is 5.79. The number of ether oxygens (including phenoxy) is 1. The van der Waals surface area contributed by atoms with E-state index in [1.54, 1.807) is 12.1 Å². The fraction of sp³-hybridized carbons (Fsp3) is 0.316. The zero-order valence-corrected chi connectivity index (χ0v) is 14.7. The highest BCUT2D eigenvalue weighted by Crippen LogP contribution is 2.26. The van der Waals surface area contributed by atoms with Crippen LogP contribution in [-0.2, 0) is 4.79 Å². The molecule has 0 aliphatic carbocycles. The standard InChI is InChI=1S/C19H22ClNO2/c1-5-16(23-17-9-7-6-8-15(17)20)19(22)21-18-13(3)10-12(2)11-14(18)4/h6-11,16H,5H2,1-4H3,(H,21,22)/t16-/m1/s1. The molecule has 2 rings (SSSR count).